The van der Waals surface area contributed by atoms with Crippen LogP contribution in [0.1, 0.15) is 42.0 Å². The van der Waals surface area contributed by atoms with Crippen LogP contribution < -0.4 is 14.8 Å². The van der Waals surface area contributed by atoms with Gasteiger partial charge in [0.25, 0.3) is 11.9 Å². The molecule has 1 aromatic carbocycles. The summed E-state index contributed by atoms with van der Waals surface area (Å²) in [6.07, 6.45) is -1.68. The highest BCUT2D eigenvalue weighted by Crippen LogP contribution is 2.36. The third-order valence-corrected chi connectivity index (χ3v) is 7.43. The van der Waals surface area contributed by atoms with Gasteiger partial charge in [-0.2, -0.15) is 9.67 Å². The Morgan fingerprint density at radius 2 is 1.89 bits per heavy atom. The summed E-state index contributed by atoms with van der Waals surface area (Å²) in [6, 6.07) is 1.59. The van der Waals surface area contributed by atoms with Gasteiger partial charge in [0.1, 0.15) is 5.75 Å². The maximum Gasteiger partial charge on any atom is 0.573 e. The van der Waals surface area contributed by atoms with Crippen LogP contribution in [0.25, 0.3) is 5.95 Å². The molecular formula is C20H18ClF3N6O5S. The molecule has 1 N–H and O–H groups in total. The molecule has 2 aromatic heterocycles. The van der Waals surface area contributed by atoms with Gasteiger partial charge in [-0.15, -0.1) is 18.3 Å². The van der Waals surface area contributed by atoms with Crippen molar-refractivity contribution in [1.29, 1.82) is 0 Å². The number of hydrogen-bond donors (Lipinski definition) is 1. The molecule has 1 aliphatic carbocycles. The van der Waals surface area contributed by atoms with E-state index in [-0.39, 0.29) is 28.4 Å². The van der Waals surface area contributed by atoms with Crippen molar-refractivity contribution in [2.24, 2.45) is 0 Å². The molecule has 1 atom stereocenters. The standard InChI is InChI=1S/C20H18ClF3N6O5S/c1-10(16-28-19(34-2)29-30(16)18-25-8-12(21)9-26-18)27-17(31)11-5-13(35-20(22,23)24)7-15(6-11)36(32,33)14-3-4-14/h5-10,14H,3-4H2,1-2H3,(H,27,31)/t10-/m0/s1. The number of ether oxygens (including phenoxy) is 2. The van der Waals surface area contributed by atoms with Crippen LogP contribution in [0.15, 0.2) is 35.5 Å². The van der Waals surface area contributed by atoms with E-state index in [4.69, 9.17) is 16.3 Å². The fourth-order valence-corrected chi connectivity index (χ4v) is 5.02. The van der Waals surface area contributed by atoms with E-state index in [0.717, 1.165) is 18.2 Å². The number of hydrogen-bond acceptors (Lipinski definition) is 9. The summed E-state index contributed by atoms with van der Waals surface area (Å²) >= 11 is 5.82. The highest BCUT2D eigenvalue weighted by Gasteiger charge is 2.38. The van der Waals surface area contributed by atoms with Crippen molar-refractivity contribution >= 4 is 27.3 Å². The van der Waals surface area contributed by atoms with Gasteiger partial charge in [-0.05, 0) is 38.0 Å². The zero-order valence-corrected chi connectivity index (χ0v) is 20.2. The molecule has 16 heteroatoms. The minimum absolute atomic E-state index is 0.0599. The van der Waals surface area contributed by atoms with E-state index in [2.05, 4.69) is 30.1 Å². The van der Waals surface area contributed by atoms with E-state index in [1.165, 1.54) is 31.1 Å². The van der Waals surface area contributed by atoms with E-state index in [1.54, 1.807) is 0 Å². The van der Waals surface area contributed by atoms with Gasteiger partial charge >= 0.3 is 12.4 Å². The molecule has 1 aliphatic rings. The number of rotatable bonds is 8. The fraction of sp³-hybridized carbons (Fsp3) is 0.350. The average Bonchev–Trinajstić information content (AvgIpc) is 3.58. The van der Waals surface area contributed by atoms with Gasteiger partial charge in [0.15, 0.2) is 15.7 Å². The Hall–Kier alpha value is -3.46. The van der Waals surface area contributed by atoms with Gasteiger partial charge < -0.3 is 14.8 Å². The Morgan fingerprint density at radius 3 is 2.47 bits per heavy atom. The zero-order chi connectivity index (χ0) is 26.3. The summed E-state index contributed by atoms with van der Waals surface area (Å²) in [4.78, 5) is 24.8. The summed E-state index contributed by atoms with van der Waals surface area (Å²) < 4.78 is 74.0. The van der Waals surface area contributed by atoms with Crippen molar-refractivity contribution < 1.29 is 35.9 Å². The minimum Gasteiger partial charge on any atom is -0.466 e. The Bertz CT molecular complexity index is 1390. The predicted octanol–water partition coefficient (Wildman–Crippen LogP) is 3.05. The first-order valence-electron chi connectivity index (χ1n) is 10.3. The third-order valence-electron chi connectivity index (χ3n) is 4.99. The number of sulfone groups is 1. The summed E-state index contributed by atoms with van der Waals surface area (Å²) in [6.45, 7) is 1.52. The quantitative estimate of drug-likeness (QED) is 0.451. The normalized spacial score (nSPS) is 14.8. The third kappa shape index (κ3) is 5.67. The lowest BCUT2D eigenvalue weighted by Crippen LogP contribution is -2.29. The molecule has 1 saturated carbocycles. The Kier molecular flexibility index (Phi) is 6.79. The highest BCUT2D eigenvalue weighted by molar-refractivity contribution is 7.92. The molecule has 2 heterocycles. The van der Waals surface area contributed by atoms with Crippen LogP contribution in [-0.4, -0.2) is 57.8 Å². The van der Waals surface area contributed by atoms with Crippen LogP contribution in [0.5, 0.6) is 11.8 Å². The molecule has 1 amide bonds. The number of nitrogens with zero attached hydrogens (tertiary/aromatic N) is 5. The first-order valence-corrected chi connectivity index (χ1v) is 12.2. The van der Waals surface area contributed by atoms with Gasteiger partial charge in [0.2, 0.25) is 0 Å². The van der Waals surface area contributed by atoms with Crippen molar-refractivity contribution in [2.75, 3.05) is 7.11 Å². The number of benzene rings is 1. The highest BCUT2D eigenvalue weighted by atomic mass is 35.5. The van der Waals surface area contributed by atoms with E-state index in [1.807, 2.05) is 0 Å². The molecular weight excluding hydrogens is 529 g/mol. The van der Waals surface area contributed by atoms with Crippen LogP contribution in [0.2, 0.25) is 5.02 Å². The van der Waals surface area contributed by atoms with Crippen LogP contribution in [0, 0.1) is 0 Å². The molecule has 11 nitrogen and oxygen atoms in total. The van der Waals surface area contributed by atoms with E-state index >= 15 is 0 Å². The van der Waals surface area contributed by atoms with Crippen LogP contribution in [0.4, 0.5) is 13.2 Å². The van der Waals surface area contributed by atoms with Crippen molar-refractivity contribution in [3.63, 3.8) is 0 Å². The number of halogens is 4. The molecule has 192 valence electrons. The molecule has 1 fully saturated rings. The number of carbonyl (C=O) groups excluding carboxylic acids is 1. The van der Waals surface area contributed by atoms with Crippen LogP contribution in [0.3, 0.4) is 0 Å². The summed E-state index contributed by atoms with van der Waals surface area (Å²) in [5, 5.41) is 6.21. The van der Waals surface area contributed by atoms with Crippen molar-refractivity contribution in [2.45, 2.75) is 42.3 Å². The van der Waals surface area contributed by atoms with Crippen molar-refractivity contribution in [1.82, 2.24) is 30.0 Å². The van der Waals surface area contributed by atoms with E-state index in [9.17, 15) is 26.4 Å². The number of amides is 1. The summed E-state index contributed by atoms with van der Waals surface area (Å²) in [7, 11) is -2.60. The number of aromatic nitrogens is 5. The molecule has 0 aliphatic heterocycles. The van der Waals surface area contributed by atoms with Gasteiger partial charge in [0.05, 0.1) is 40.7 Å². The van der Waals surface area contributed by atoms with Crippen molar-refractivity contribution in [3.8, 4) is 17.7 Å². The van der Waals surface area contributed by atoms with E-state index < -0.39 is 44.0 Å². The molecule has 4 rings (SSSR count). The van der Waals surface area contributed by atoms with Crippen LogP contribution >= 0.6 is 11.6 Å². The molecule has 0 bridgehead atoms. The van der Waals surface area contributed by atoms with Gasteiger partial charge in [0, 0.05) is 5.56 Å². The number of alkyl halides is 3. The topological polar surface area (TPSA) is 138 Å². The first kappa shape index (κ1) is 25.6. The SMILES string of the molecule is COc1nc([C@H](C)NC(=O)c2cc(OC(F)(F)F)cc(S(=O)(=O)C3CC3)c2)n(-c2ncc(Cl)cn2)n1. The molecule has 3 aromatic rings. The molecule has 36 heavy (non-hydrogen) atoms. The lowest BCUT2D eigenvalue weighted by molar-refractivity contribution is -0.274. The largest absolute Gasteiger partial charge is 0.573 e. The van der Waals surface area contributed by atoms with Gasteiger partial charge in [-0.3, -0.25) is 4.79 Å². The number of methoxy groups -OCH3 is 1. The maximum atomic E-state index is 13.0. The second-order valence-corrected chi connectivity index (χ2v) is 10.4. The maximum absolute atomic E-state index is 13.0. The van der Waals surface area contributed by atoms with Gasteiger partial charge in [-0.25, -0.2) is 18.4 Å². The smallest absolute Gasteiger partial charge is 0.466 e. The zero-order valence-electron chi connectivity index (χ0n) is 18.7. The minimum atomic E-state index is -5.09. The monoisotopic (exact) mass is 546 g/mol. The van der Waals surface area contributed by atoms with Crippen LogP contribution in [-0.2, 0) is 9.84 Å². The average molecular weight is 547 g/mol. The van der Waals surface area contributed by atoms with Gasteiger partial charge in [-0.1, -0.05) is 11.6 Å². The predicted molar refractivity (Wildman–Crippen MR) is 118 cm³/mol. The number of carbonyl (C=O) groups is 1. The van der Waals surface area contributed by atoms with E-state index in [0.29, 0.717) is 12.8 Å². The second kappa shape index (κ2) is 9.54. The number of nitrogens with one attached hydrogen (secondary N) is 1. The lowest BCUT2D eigenvalue weighted by atomic mass is 10.2. The Morgan fingerprint density at radius 1 is 1.22 bits per heavy atom. The Balaban J connectivity index is 1.66. The summed E-state index contributed by atoms with van der Waals surface area (Å²) in [5.74, 6) is -1.53. The molecule has 0 saturated heterocycles. The molecule has 0 unspecified atom stereocenters. The fourth-order valence-electron chi connectivity index (χ4n) is 3.21. The second-order valence-electron chi connectivity index (χ2n) is 7.75. The molecule has 0 spiro atoms. The first-order chi connectivity index (χ1) is 16.9. The summed E-state index contributed by atoms with van der Waals surface area (Å²) in [5.41, 5.74) is -0.358. The lowest BCUT2D eigenvalue weighted by Gasteiger charge is -2.16. The Labute approximate surface area is 207 Å². The van der Waals surface area contributed by atoms with Crippen molar-refractivity contribution in [3.05, 3.63) is 47.0 Å². The molecule has 0 radical (unpaired) electrons.